The number of carbonyl (C=O) groups is 1. The average Bonchev–Trinajstić information content (AvgIpc) is 3.05. The number of ether oxygens (including phenoxy) is 1. The molecule has 1 fully saturated rings. The molecule has 1 heterocycles. The molecule has 142 valence electrons. The van der Waals surface area contributed by atoms with Gasteiger partial charge < -0.3 is 10.1 Å². The van der Waals surface area contributed by atoms with E-state index in [0.29, 0.717) is 5.56 Å². The van der Waals surface area contributed by atoms with Gasteiger partial charge in [0, 0.05) is 11.1 Å². The summed E-state index contributed by atoms with van der Waals surface area (Å²) in [5, 5.41) is 2.63. The van der Waals surface area contributed by atoms with Crippen molar-refractivity contribution < 1.29 is 27.1 Å². The molecule has 1 amide bonds. The number of hydrogen-bond donors (Lipinski definition) is 1. The Balaban J connectivity index is 2.01. The molecule has 0 bridgehead atoms. The summed E-state index contributed by atoms with van der Waals surface area (Å²) in [5.41, 5.74) is -1.00. The fourth-order valence-electron chi connectivity index (χ4n) is 3.49. The molecule has 3 nitrogen and oxygen atoms in total. The zero-order valence-electron chi connectivity index (χ0n) is 14.3. The summed E-state index contributed by atoms with van der Waals surface area (Å²) in [6, 6.07) is 13.8. The Morgan fingerprint density at radius 1 is 0.750 bits per heavy atom. The van der Waals surface area contributed by atoms with Crippen molar-refractivity contribution in [1.29, 1.82) is 0 Å². The second-order valence-electron chi connectivity index (χ2n) is 6.37. The van der Waals surface area contributed by atoms with E-state index in [2.05, 4.69) is 5.32 Å². The summed E-state index contributed by atoms with van der Waals surface area (Å²) < 4.78 is 60.6. The monoisotopic (exact) mass is 387 g/mol. The van der Waals surface area contributed by atoms with Gasteiger partial charge in [-0.2, -0.15) is 0 Å². The van der Waals surface area contributed by atoms with Crippen LogP contribution in [0.2, 0.25) is 0 Å². The minimum atomic E-state index is -1.73. The molecule has 1 N–H and O–H groups in total. The third-order valence-electron chi connectivity index (χ3n) is 4.75. The lowest BCUT2D eigenvalue weighted by Gasteiger charge is -2.34. The quantitative estimate of drug-likeness (QED) is 0.645. The predicted molar refractivity (Wildman–Crippen MR) is 92.3 cm³/mol. The third kappa shape index (κ3) is 2.79. The molecule has 7 heteroatoms. The van der Waals surface area contributed by atoms with E-state index in [0.717, 1.165) is 24.3 Å². The van der Waals surface area contributed by atoms with E-state index in [-0.39, 0.29) is 11.1 Å². The molecular formula is C21H13F4NO2. The van der Waals surface area contributed by atoms with E-state index in [4.69, 9.17) is 4.74 Å². The summed E-state index contributed by atoms with van der Waals surface area (Å²) in [6.45, 7) is 0. The van der Waals surface area contributed by atoms with Crippen LogP contribution in [-0.2, 0) is 10.3 Å². The molecule has 1 aliphatic rings. The van der Waals surface area contributed by atoms with Crippen LogP contribution in [0.15, 0.2) is 66.7 Å². The number of amides is 1. The van der Waals surface area contributed by atoms with Crippen LogP contribution in [0.3, 0.4) is 0 Å². The number of benzene rings is 3. The lowest BCUT2D eigenvalue weighted by atomic mass is 9.77. The van der Waals surface area contributed by atoms with Crippen LogP contribution in [0.25, 0.3) is 0 Å². The van der Waals surface area contributed by atoms with Gasteiger partial charge in [0.15, 0.2) is 28.9 Å². The molecule has 28 heavy (non-hydrogen) atoms. The average molecular weight is 387 g/mol. The van der Waals surface area contributed by atoms with Gasteiger partial charge in [0.2, 0.25) is 0 Å². The summed E-state index contributed by atoms with van der Waals surface area (Å²) in [4.78, 5) is 12.2. The Morgan fingerprint density at radius 3 is 1.79 bits per heavy atom. The summed E-state index contributed by atoms with van der Waals surface area (Å²) in [6.07, 6.45) is -0.830. The van der Waals surface area contributed by atoms with Gasteiger partial charge in [0.1, 0.15) is 6.04 Å². The summed E-state index contributed by atoms with van der Waals surface area (Å²) in [7, 11) is 0. The highest BCUT2D eigenvalue weighted by Gasteiger charge is 2.53. The van der Waals surface area contributed by atoms with Crippen molar-refractivity contribution in [3.8, 4) is 0 Å². The second kappa shape index (κ2) is 6.67. The van der Waals surface area contributed by atoms with Crippen LogP contribution >= 0.6 is 0 Å². The van der Waals surface area contributed by atoms with E-state index in [1.807, 2.05) is 0 Å². The number of rotatable bonds is 3. The largest absolute Gasteiger partial charge is 0.430 e. The van der Waals surface area contributed by atoms with E-state index >= 15 is 0 Å². The maximum absolute atomic E-state index is 14.0. The number of nitrogens with one attached hydrogen (secondary N) is 1. The van der Waals surface area contributed by atoms with Crippen LogP contribution < -0.4 is 5.32 Å². The van der Waals surface area contributed by atoms with E-state index < -0.39 is 41.0 Å². The first-order valence-electron chi connectivity index (χ1n) is 8.37. The predicted octanol–water partition coefficient (Wildman–Crippen LogP) is 4.97. The fourth-order valence-corrected chi connectivity index (χ4v) is 3.49. The number of alkyl carbamates (subject to hydrolysis) is 1. The van der Waals surface area contributed by atoms with Gasteiger partial charge in [-0.25, -0.2) is 22.4 Å². The normalized spacial score (nSPS) is 17.9. The molecule has 1 unspecified atom stereocenters. The zero-order valence-corrected chi connectivity index (χ0v) is 14.3. The van der Waals surface area contributed by atoms with Gasteiger partial charge in [-0.1, -0.05) is 42.5 Å². The fraction of sp³-hybridized carbons (Fsp3) is 0.0952. The first kappa shape index (κ1) is 18.0. The highest BCUT2D eigenvalue weighted by molar-refractivity contribution is 5.74. The minimum absolute atomic E-state index is 0.0737. The topological polar surface area (TPSA) is 38.3 Å². The molecule has 4 rings (SSSR count). The van der Waals surface area contributed by atoms with Crippen molar-refractivity contribution in [1.82, 2.24) is 5.32 Å². The van der Waals surface area contributed by atoms with Crippen LogP contribution in [0.4, 0.5) is 22.4 Å². The lowest BCUT2D eigenvalue weighted by Crippen LogP contribution is -2.36. The minimum Gasteiger partial charge on any atom is -0.430 e. The Hall–Kier alpha value is -3.35. The third-order valence-corrected chi connectivity index (χ3v) is 4.75. The van der Waals surface area contributed by atoms with Crippen molar-refractivity contribution in [2.45, 2.75) is 11.6 Å². The number of cyclic esters (lactones) is 1. The molecule has 3 aromatic rings. The number of carbonyl (C=O) groups excluding carboxylic acids is 1. The van der Waals surface area contributed by atoms with Crippen LogP contribution in [-0.4, -0.2) is 6.09 Å². The van der Waals surface area contributed by atoms with Gasteiger partial charge in [0.25, 0.3) is 0 Å². The molecule has 0 radical (unpaired) electrons. The number of hydrogen-bond acceptors (Lipinski definition) is 2. The Kier molecular flexibility index (Phi) is 4.30. The molecule has 0 saturated carbocycles. The Morgan fingerprint density at radius 2 is 1.29 bits per heavy atom. The standard InChI is InChI=1S/C21H13F4NO2/c22-15-8-6-13(10-17(15)24)21(14-7-9-16(23)18(25)11-14)19(26-20(27)28-21)12-4-2-1-3-5-12/h1-11,19H,(H,26,27). The smallest absolute Gasteiger partial charge is 0.409 e. The van der Waals surface area contributed by atoms with Gasteiger partial charge in [-0.05, 0) is 29.8 Å². The first-order chi connectivity index (χ1) is 13.4. The van der Waals surface area contributed by atoms with Crippen molar-refractivity contribution >= 4 is 6.09 Å². The molecule has 0 aromatic heterocycles. The molecule has 0 aliphatic carbocycles. The van der Waals surface area contributed by atoms with Gasteiger partial charge in [0.05, 0.1) is 0 Å². The molecule has 1 saturated heterocycles. The van der Waals surface area contributed by atoms with Crippen molar-refractivity contribution in [2.75, 3.05) is 0 Å². The number of halogens is 4. The van der Waals surface area contributed by atoms with Crippen molar-refractivity contribution in [3.05, 3.63) is 107 Å². The van der Waals surface area contributed by atoms with Crippen molar-refractivity contribution in [3.63, 3.8) is 0 Å². The van der Waals surface area contributed by atoms with Crippen LogP contribution in [0, 0.1) is 23.3 Å². The van der Waals surface area contributed by atoms with E-state index in [1.54, 1.807) is 30.3 Å². The lowest BCUT2D eigenvalue weighted by molar-refractivity contribution is 0.0674. The van der Waals surface area contributed by atoms with E-state index in [1.165, 1.54) is 12.1 Å². The molecule has 1 atom stereocenters. The van der Waals surface area contributed by atoms with Gasteiger partial charge >= 0.3 is 6.09 Å². The summed E-state index contributed by atoms with van der Waals surface area (Å²) >= 11 is 0. The van der Waals surface area contributed by atoms with Gasteiger partial charge in [-0.15, -0.1) is 0 Å². The SMILES string of the molecule is O=C1NC(c2ccccc2)C(c2ccc(F)c(F)c2)(c2ccc(F)c(F)c2)O1. The van der Waals surface area contributed by atoms with Crippen molar-refractivity contribution in [2.24, 2.45) is 0 Å². The van der Waals surface area contributed by atoms with Crippen LogP contribution in [0.1, 0.15) is 22.7 Å². The summed E-state index contributed by atoms with van der Waals surface area (Å²) in [5.74, 6) is -4.49. The van der Waals surface area contributed by atoms with Gasteiger partial charge in [-0.3, -0.25) is 0 Å². The molecule has 3 aromatic carbocycles. The molecular weight excluding hydrogens is 374 g/mol. The van der Waals surface area contributed by atoms with E-state index in [9.17, 15) is 22.4 Å². The maximum atomic E-state index is 14.0. The Bertz CT molecular complexity index is 1000. The first-order valence-corrected chi connectivity index (χ1v) is 8.37. The molecule has 1 aliphatic heterocycles. The molecule has 0 spiro atoms. The zero-order chi connectivity index (χ0) is 19.9. The van der Waals surface area contributed by atoms with Crippen LogP contribution in [0.5, 0.6) is 0 Å². The highest BCUT2D eigenvalue weighted by atomic mass is 19.2. The maximum Gasteiger partial charge on any atom is 0.409 e. The highest BCUT2D eigenvalue weighted by Crippen LogP contribution is 2.48. The second-order valence-corrected chi connectivity index (χ2v) is 6.37. The Labute approximate surface area is 157 Å².